The molecule has 1 atom stereocenters. The number of nitrogens with zero attached hydrogens (tertiary/aromatic N) is 5. The number of nitrogens with one attached hydrogen (secondary N) is 1. The molecular weight excluding hydrogens is 388 g/mol. The van der Waals surface area contributed by atoms with Crippen molar-refractivity contribution < 1.29 is 9.59 Å². The lowest BCUT2D eigenvalue weighted by Crippen LogP contribution is -2.40. The van der Waals surface area contributed by atoms with Crippen LogP contribution in [0, 0.1) is 0 Å². The summed E-state index contributed by atoms with van der Waals surface area (Å²) in [4.78, 5) is 30.9. The molecule has 4 rings (SSSR count). The summed E-state index contributed by atoms with van der Waals surface area (Å²) in [5, 5.41) is 12.0. The highest BCUT2D eigenvalue weighted by molar-refractivity contribution is 7.99. The third kappa shape index (κ3) is 3.86. The van der Waals surface area contributed by atoms with Crippen LogP contribution < -0.4 is 10.2 Å². The zero-order chi connectivity index (χ0) is 20.4. The first-order valence-electron chi connectivity index (χ1n) is 9.18. The van der Waals surface area contributed by atoms with E-state index in [1.165, 1.54) is 11.8 Å². The lowest BCUT2D eigenvalue weighted by Gasteiger charge is -2.27. The maximum absolute atomic E-state index is 13.1. The van der Waals surface area contributed by atoms with Crippen molar-refractivity contribution in [3.63, 3.8) is 0 Å². The molecule has 1 aliphatic heterocycles. The fraction of sp³-hybridized carbons (Fsp3) is 0.250. The number of benzene rings is 1. The molecule has 9 heteroatoms. The second-order valence-electron chi connectivity index (χ2n) is 6.77. The normalized spacial score (nSPS) is 16.1. The van der Waals surface area contributed by atoms with E-state index in [9.17, 15) is 9.59 Å². The van der Waals surface area contributed by atoms with Gasteiger partial charge in [0, 0.05) is 37.5 Å². The van der Waals surface area contributed by atoms with E-state index in [0.717, 1.165) is 5.56 Å². The molecule has 3 heterocycles. The summed E-state index contributed by atoms with van der Waals surface area (Å²) in [6.45, 7) is 1.88. The molecule has 1 N–H and O–H groups in total. The van der Waals surface area contributed by atoms with Gasteiger partial charge in [-0.15, -0.1) is 10.2 Å². The monoisotopic (exact) mass is 408 g/mol. The van der Waals surface area contributed by atoms with E-state index in [-0.39, 0.29) is 30.0 Å². The Labute approximate surface area is 172 Å². The Morgan fingerprint density at radius 3 is 2.76 bits per heavy atom. The van der Waals surface area contributed by atoms with E-state index in [4.69, 9.17) is 0 Å². The molecule has 3 aromatic rings. The molecular formula is C20H20N6O2S. The Balaban J connectivity index is 1.53. The topological polar surface area (TPSA) is 93.0 Å². The molecule has 0 saturated carbocycles. The number of carbonyl (C=O) groups is 2. The molecule has 0 fully saturated rings. The highest BCUT2D eigenvalue weighted by atomic mass is 32.2. The first-order chi connectivity index (χ1) is 14.0. The Morgan fingerprint density at radius 1 is 1.21 bits per heavy atom. The molecule has 29 heavy (non-hydrogen) atoms. The zero-order valence-electron chi connectivity index (χ0n) is 16.1. The second-order valence-corrected chi connectivity index (χ2v) is 7.71. The summed E-state index contributed by atoms with van der Waals surface area (Å²) in [6, 6.07) is 10.9. The average Bonchev–Trinajstić information content (AvgIpc) is 3.02. The fourth-order valence-electron chi connectivity index (χ4n) is 3.36. The van der Waals surface area contributed by atoms with E-state index >= 15 is 0 Å². The maximum Gasteiger partial charge on any atom is 0.237 e. The van der Waals surface area contributed by atoms with Crippen molar-refractivity contribution in [1.29, 1.82) is 0 Å². The zero-order valence-corrected chi connectivity index (χ0v) is 16.9. The third-order valence-corrected chi connectivity index (χ3v) is 5.73. The van der Waals surface area contributed by atoms with Crippen LogP contribution in [0.3, 0.4) is 0 Å². The third-order valence-electron chi connectivity index (χ3n) is 4.73. The molecule has 148 valence electrons. The maximum atomic E-state index is 13.1. The summed E-state index contributed by atoms with van der Waals surface area (Å²) >= 11 is 1.33. The van der Waals surface area contributed by atoms with Gasteiger partial charge in [-0.2, -0.15) is 0 Å². The summed E-state index contributed by atoms with van der Waals surface area (Å²) in [5.74, 6) is 0.726. The van der Waals surface area contributed by atoms with Crippen LogP contribution in [0.25, 0.3) is 11.4 Å². The Hall–Kier alpha value is -3.20. The number of anilines is 2. The molecule has 1 unspecified atom stereocenters. The minimum atomic E-state index is -0.237. The standard InChI is InChI=1S/C20H20N6O2S/c1-13-11-17(27)22-15-5-3-4-6-16(15)26(13)18(28)12-29-20-24-23-19(25(20)2)14-7-9-21-10-8-14/h3-10,13H,11-12H2,1-2H3,(H,22,27). The molecule has 0 radical (unpaired) electrons. The van der Waals surface area contributed by atoms with Crippen LogP contribution >= 0.6 is 11.8 Å². The minimum Gasteiger partial charge on any atom is -0.324 e. The van der Waals surface area contributed by atoms with Crippen molar-refractivity contribution in [3.05, 3.63) is 48.8 Å². The van der Waals surface area contributed by atoms with Gasteiger partial charge < -0.3 is 14.8 Å². The predicted molar refractivity (Wildman–Crippen MR) is 112 cm³/mol. The highest BCUT2D eigenvalue weighted by Crippen LogP contribution is 2.32. The van der Waals surface area contributed by atoms with E-state index in [2.05, 4.69) is 20.5 Å². The molecule has 8 nitrogen and oxygen atoms in total. The van der Waals surface area contributed by atoms with Gasteiger partial charge in [-0.05, 0) is 31.2 Å². The van der Waals surface area contributed by atoms with E-state index in [1.54, 1.807) is 17.3 Å². The first kappa shape index (κ1) is 19.1. The number of carbonyl (C=O) groups excluding carboxylic acids is 2. The van der Waals surface area contributed by atoms with Crippen molar-refractivity contribution in [1.82, 2.24) is 19.7 Å². The summed E-state index contributed by atoms with van der Waals surface area (Å²) in [7, 11) is 1.87. The Kier molecular flexibility index (Phi) is 5.30. The predicted octanol–water partition coefficient (Wildman–Crippen LogP) is 2.73. The number of rotatable bonds is 4. The van der Waals surface area contributed by atoms with E-state index < -0.39 is 0 Å². The quantitative estimate of drug-likeness (QED) is 0.667. The smallest absolute Gasteiger partial charge is 0.237 e. The van der Waals surface area contributed by atoms with E-state index in [0.29, 0.717) is 22.4 Å². The van der Waals surface area contributed by atoms with Gasteiger partial charge in [0.25, 0.3) is 0 Å². The van der Waals surface area contributed by atoms with Gasteiger partial charge in [-0.25, -0.2) is 0 Å². The number of thioether (sulfide) groups is 1. The van der Waals surface area contributed by atoms with Crippen molar-refractivity contribution >= 4 is 35.0 Å². The first-order valence-corrected chi connectivity index (χ1v) is 10.2. The van der Waals surface area contributed by atoms with Gasteiger partial charge in [0.1, 0.15) is 0 Å². The van der Waals surface area contributed by atoms with Gasteiger partial charge in [-0.3, -0.25) is 14.6 Å². The molecule has 0 bridgehead atoms. The summed E-state index contributed by atoms with van der Waals surface area (Å²) in [5.41, 5.74) is 2.28. The van der Waals surface area contributed by atoms with Gasteiger partial charge in [0.05, 0.1) is 17.1 Å². The van der Waals surface area contributed by atoms with Crippen LogP contribution in [-0.2, 0) is 16.6 Å². The molecule has 0 saturated heterocycles. The van der Waals surface area contributed by atoms with Gasteiger partial charge in [0.15, 0.2) is 11.0 Å². The molecule has 1 aromatic carbocycles. The average molecular weight is 408 g/mol. The Morgan fingerprint density at radius 2 is 1.97 bits per heavy atom. The lowest BCUT2D eigenvalue weighted by atomic mass is 10.2. The number of fused-ring (bicyclic) bond motifs is 1. The Bertz CT molecular complexity index is 1050. The van der Waals surface area contributed by atoms with Crippen LogP contribution in [-0.4, -0.2) is 43.4 Å². The summed E-state index contributed by atoms with van der Waals surface area (Å²) < 4.78 is 1.86. The molecule has 1 aliphatic rings. The second kappa shape index (κ2) is 8.04. The molecule has 2 amide bonds. The number of aromatic nitrogens is 4. The van der Waals surface area contributed by atoms with Gasteiger partial charge in [-0.1, -0.05) is 23.9 Å². The molecule has 0 spiro atoms. The van der Waals surface area contributed by atoms with Crippen LogP contribution in [0.1, 0.15) is 13.3 Å². The molecule has 2 aromatic heterocycles. The minimum absolute atomic E-state index is 0.0834. The number of hydrogen-bond donors (Lipinski definition) is 1. The van der Waals surface area contributed by atoms with Gasteiger partial charge >= 0.3 is 0 Å². The van der Waals surface area contributed by atoms with Crippen molar-refractivity contribution in [3.8, 4) is 11.4 Å². The summed E-state index contributed by atoms with van der Waals surface area (Å²) in [6.07, 6.45) is 3.66. The van der Waals surface area contributed by atoms with Crippen molar-refractivity contribution in [2.75, 3.05) is 16.0 Å². The number of para-hydroxylation sites is 2. The van der Waals surface area contributed by atoms with Crippen LogP contribution in [0.5, 0.6) is 0 Å². The highest BCUT2D eigenvalue weighted by Gasteiger charge is 2.29. The number of pyridine rings is 1. The van der Waals surface area contributed by atoms with Crippen LogP contribution in [0.15, 0.2) is 53.9 Å². The SMILES string of the molecule is CC1CC(=O)Nc2ccccc2N1C(=O)CSc1nnc(-c2ccncc2)n1C. The van der Waals surface area contributed by atoms with Crippen LogP contribution in [0.2, 0.25) is 0 Å². The van der Waals surface area contributed by atoms with Gasteiger partial charge in [0.2, 0.25) is 11.8 Å². The van der Waals surface area contributed by atoms with Crippen molar-refractivity contribution in [2.45, 2.75) is 24.5 Å². The van der Waals surface area contributed by atoms with Crippen molar-refractivity contribution in [2.24, 2.45) is 7.05 Å². The number of hydrogen-bond acceptors (Lipinski definition) is 6. The van der Waals surface area contributed by atoms with E-state index in [1.807, 2.05) is 54.9 Å². The fourth-order valence-corrected chi connectivity index (χ4v) is 4.13. The molecule has 0 aliphatic carbocycles. The largest absolute Gasteiger partial charge is 0.324 e. The number of amides is 2. The lowest BCUT2D eigenvalue weighted by molar-refractivity contribution is -0.117. The van der Waals surface area contributed by atoms with Crippen LogP contribution in [0.4, 0.5) is 11.4 Å².